The zero-order valence-electron chi connectivity index (χ0n) is 11.9. The lowest BCUT2D eigenvalue weighted by Gasteiger charge is -2.10. The number of aryl methyl sites for hydroxylation is 1. The molecule has 0 fully saturated rings. The van der Waals surface area contributed by atoms with Crippen molar-refractivity contribution in [1.82, 2.24) is 9.55 Å². The van der Waals surface area contributed by atoms with E-state index >= 15 is 0 Å². The van der Waals surface area contributed by atoms with Gasteiger partial charge in [0.15, 0.2) is 0 Å². The summed E-state index contributed by atoms with van der Waals surface area (Å²) in [6, 6.07) is 8.50. The van der Waals surface area contributed by atoms with Crippen molar-refractivity contribution in [2.75, 3.05) is 11.9 Å². The highest BCUT2D eigenvalue weighted by Crippen LogP contribution is 2.15. The zero-order valence-corrected chi connectivity index (χ0v) is 11.9. The summed E-state index contributed by atoms with van der Waals surface area (Å²) >= 11 is 0. The summed E-state index contributed by atoms with van der Waals surface area (Å²) < 4.78 is 2.10. The molecule has 3 nitrogen and oxygen atoms in total. The van der Waals surface area contributed by atoms with Gasteiger partial charge in [-0.2, -0.15) is 0 Å². The highest BCUT2D eigenvalue weighted by molar-refractivity contribution is 5.42. The van der Waals surface area contributed by atoms with Crippen molar-refractivity contribution in [3.8, 4) is 5.69 Å². The topological polar surface area (TPSA) is 29.9 Å². The number of anilines is 1. The molecule has 0 spiro atoms. The molecule has 1 heterocycles. The Morgan fingerprint density at radius 2 is 1.89 bits per heavy atom. The first-order valence-corrected chi connectivity index (χ1v) is 7.15. The van der Waals surface area contributed by atoms with Gasteiger partial charge in [0.25, 0.3) is 0 Å². The van der Waals surface area contributed by atoms with Crippen LogP contribution in [0.15, 0.2) is 36.7 Å². The van der Waals surface area contributed by atoms with E-state index in [2.05, 4.69) is 53.0 Å². The van der Waals surface area contributed by atoms with Crippen molar-refractivity contribution in [3.63, 3.8) is 0 Å². The largest absolute Gasteiger partial charge is 0.355 e. The Morgan fingerprint density at radius 1 is 1.11 bits per heavy atom. The third-order valence-electron chi connectivity index (χ3n) is 3.27. The van der Waals surface area contributed by atoms with E-state index in [0.29, 0.717) is 0 Å². The van der Waals surface area contributed by atoms with Gasteiger partial charge in [0.1, 0.15) is 0 Å². The number of nitrogens with zero attached hydrogens (tertiary/aromatic N) is 2. The number of hydrogen-bond acceptors (Lipinski definition) is 2. The Balaban J connectivity index is 1.96. The lowest BCUT2D eigenvalue weighted by Crippen LogP contribution is -2.07. The summed E-state index contributed by atoms with van der Waals surface area (Å²) in [5.74, 6) is 0.931. The minimum Gasteiger partial charge on any atom is -0.355 e. The molecular weight excluding hydrogens is 234 g/mol. The highest BCUT2D eigenvalue weighted by atomic mass is 15.2. The maximum Gasteiger partial charge on any atom is 0.207 e. The zero-order chi connectivity index (χ0) is 13.5. The first kappa shape index (κ1) is 13.7. The average Bonchev–Trinajstić information content (AvgIpc) is 2.88. The third kappa shape index (κ3) is 3.85. The van der Waals surface area contributed by atoms with Crippen molar-refractivity contribution in [3.05, 3.63) is 42.2 Å². The summed E-state index contributed by atoms with van der Waals surface area (Å²) in [6.07, 6.45) is 8.92. The molecule has 2 aromatic rings. The van der Waals surface area contributed by atoms with E-state index in [9.17, 15) is 0 Å². The van der Waals surface area contributed by atoms with Crippen molar-refractivity contribution < 1.29 is 0 Å². The molecule has 0 aliphatic rings. The van der Waals surface area contributed by atoms with Crippen LogP contribution in [0.4, 0.5) is 5.95 Å². The molecular formula is C16H23N3. The fraction of sp³-hybridized carbons (Fsp3) is 0.438. The Kier molecular flexibility index (Phi) is 5.01. The number of nitrogens with one attached hydrogen (secondary N) is 1. The second-order valence-corrected chi connectivity index (χ2v) is 4.94. The molecule has 0 bridgehead atoms. The van der Waals surface area contributed by atoms with Gasteiger partial charge in [-0.05, 0) is 25.5 Å². The van der Waals surface area contributed by atoms with Gasteiger partial charge in [-0.25, -0.2) is 4.98 Å². The Bertz CT molecular complexity index is 485. The molecule has 0 saturated carbocycles. The number of unbranched alkanes of at least 4 members (excludes halogenated alkanes) is 3. The first-order valence-electron chi connectivity index (χ1n) is 7.15. The van der Waals surface area contributed by atoms with Crippen molar-refractivity contribution in [2.24, 2.45) is 0 Å². The van der Waals surface area contributed by atoms with Crippen LogP contribution in [0, 0.1) is 6.92 Å². The van der Waals surface area contributed by atoms with Crippen molar-refractivity contribution in [1.29, 1.82) is 0 Å². The summed E-state index contributed by atoms with van der Waals surface area (Å²) in [7, 11) is 0. The first-order chi connectivity index (χ1) is 9.31. The SMILES string of the molecule is CCCCCCNc1nccn1-c1ccc(C)cc1. The fourth-order valence-corrected chi connectivity index (χ4v) is 2.10. The fourth-order valence-electron chi connectivity index (χ4n) is 2.10. The van der Waals surface area contributed by atoms with E-state index in [1.807, 2.05) is 12.4 Å². The molecule has 102 valence electrons. The monoisotopic (exact) mass is 257 g/mol. The lowest BCUT2D eigenvalue weighted by atomic mass is 10.2. The number of aromatic nitrogens is 2. The third-order valence-corrected chi connectivity index (χ3v) is 3.27. The van der Waals surface area contributed by atoms with Crippen LogP contribution in [0.5, 0.6) is 0 Å². The Morgan fingerprint density at radius 3 is 2.63 bits per heavy atom. The predicted molar refractivity (Wildman–Crippen MR) is 80.9 cm³/mol. The summed E-state index contributed by atoms with van der Waals surface area (Å²) in [5, 5.41) is 3.42. The summed E-state index contributed by atoms with van der Waals surface area (Å²) in [6.45, 7) is 5.32. The molecule has 0 aliphatic heterocycles. The maximum atomic E-state index is 4.38. The van der Waals surface area contributed by atoms with E-state index in [1.54, 1.807) is 0 Å². The van der Waals surface area contributed by atoms with Crippen LogP contribution in [0.3, 0.4) is 0 Å². The van der Waals surface area contributed by atoms with Gasteiger partial charge in [-0.15, -0.1) is 0 Å². The van der Waals surface area contributed by atoms with Gasteiger partial charge in [0, 0.05) is 24.6 Å². The van der Waals surface area contributed by atoms with E-state index in [-0.39, 0.29) is 0 Å². The molecule has 1 aromatic carbocycles. The molecule has 0 aliphatic carbocycles. The standard InChI is InChI=1S/C16H23N3/c1-3-4-5-6-11-17-16-18-12-13-19(16)15-9-7-14(2)8-10-15/h7-10,12-13H,3-6,11H2,1-2H3,(H,17,18). The van der Waals surface area contributed by atoms with E-state index < -0.39 is 0 Å². The Labute approximate surface area is 115 Å². The molecule has 0 saturated heterocycles. The Hall–Kier alpha value is -1.77. The molecule has 19 heavy (non-hydrogen) atoms. The van der Waals surface area contributed by atoms with Gasteiger partial charge >= 0.3 is 0 Å². The molecule has 3 heteroatoms. The van der Waals surface area contributed by atoms with Crippen LogP contribution in [-0.2, 0) is 0 Å². The van der Waals surface area contributed by atoms with Crippen LogP contribution in [-0.4, -0.2) is 16.1 Å². The summed E-state index contributed by atoms with van der Waals surface area (Å²) in [5.41, 5.74) is 2.43. The minimum absolute atomic E-state index is 0.931. The summed E-state index contributed by atoms with van der Waals surface area (Å²) in [4.78, 5) is 4.38. The molecule has 1 aromatic heterocycles. The predicted octanol–water partition coefficient (Wildman–Crippen LogP) is 4.17. The molecule has 0 amide bonds. The number of hydrogen-bond donors (Lipinski definition) is 1. The van der Waals surface area contributed by atoms with Gasteiger partial charge in [-0.3, -0.25) is 4.57 Å². The van der Waals surface area contributed by atoms with E-state index in [4.69, 9.17) is 0 Å². The number of rotatable bonds is 7. The lowest BCUT2D eigenvalue weighted by molar-refractivity contribution is 0.683. The van der Waals surface area contributed by atoms with Crippen LogP contribution in [0.2, 0.25) is 0 Å². The van der Waals surface area contributed by atoms with Crippen LogP contribution >= 0.6 is 0 Å². The van der Waals surface area contributed by atoms with Crippen molar-refractivity contribution >= 4 is 5.95 Å². The van der Waals surface area contributed by atoms with Crippen LogP contribution < -0.4 is 5.32 Å². The second-order valence-electron chi connectivity index (χ2n) is 4.94. The normalized spacial score (nSPS) is 10.6. The van der Waals surface area contributed by atoms with Crippen LogP contribution in [0.25, 0.3) is 5.69 Å². The molecule has 1 N–H and O–H groups in total. The highest BCUT2D eigenvalue weighted by Gasteiger charge is 2.03. The van der Waals surface area contributed by atoms with Gasteiger partial charge in [0.05, 0.1) is 0 Å². The second kappa shape index (κ2) is 6.98. The van der Waals surface area contributed by atoms with Gasteiger partial charge in [0.2, 0.25) is 5.95 Å². The van der Waals surface area contributed by atoms with Gasteiger partial charge < -0.3 is 5.32 Å². The smallest absolute Gasteiger partial charge is 0.207 e. The molecule has 2 rings (SSSR count). The number of imidazole rings is 1. The van der Waals surface area contributed by atoms with Gasteiger partial charge in [-0.1, -0.05) is 43.9 Å². The average molecular weight is 257 g/mol. The van der Waals surface area contributed by atoms with E-state index in [0.717, 1.165) is 18.2 Å². The van der Waals surface area contributed by atoms with Crippen molar-refractivity contribution in [2.45, 2.75) is 39.5 Å². The minimum atomic E-state index is 0.931. The van der Waals surface area contributed by atoms with Crippen LogP contribution in [0.1, 0.15) is 38.2 Å². The quantitative estimate of drug-likeness (QED) is 0.754. The molecule has 0 unspecified atom stereocenters. The van der Waals surface area contributed by atoms with E-state index in [1.165, 1.54) is 31.2 Å². The number of benzene rings is 1. The molecule has 0 atom stereocenters. The molecule has 0 radical (unpaired) electrons. The maximum absolute atomic E-state index is 4.38.